The van der Waals surface area contributed by atoms with Crippen LogP contribution in [0, 0.1) is 11.3 Å². The van der Waals surface area contributed by atoms with Crippen LogP contribution in [0.4, 0.5) is 0 Å². The summed E-state index contributed by atoms with van der Waals surface area (Å²) in [5.74, 6) is 0.370. The minimum atomic E-state index is 0.370. The molecular formula is C8H11N. The highest BCUT2D eigenvalue weighted by Gasteiger charge is 2.06. The average molecular weight is 121 g/mol. The SMILES string of the molecule is CCC1C=CC=CC1=N. The molecule has 0 spiro atoms. The predicted molar refractivity (Wildman–Crippen MR) is 39.8 cm³/mol. The Hall–Kier alpha value is -0.850. The van der Waals surface area contributed by atoms with Crippen molar-refractivity contribution >= 4 is 5.71 Å². The van der Waals surface area contributed by atoms with Crippen molar-refractivity contribution in [1.29, 1.82) is 5.41 Å². The van der Waals surface area contributed by atoms with Gasteiger partial charge in [0.15, 0.2) is 0 Å². The molecule has 1 unspecified atom stereocenters. The van der Waals surface area contributed by atoms with E-state index in [1.165, 1.54) is 0 Å². The first kappa shape index (κ1) is 6.27. The van der Waals surface area contributed by atoms with Crippen LogP contribution in [-0.2, 0) is 0 Å². The zero-order chi connectivity index (χ0) is 6.69. The second-order valence-corrected chi connectivity index (χ2v) is 2.21. The second kappa shape index (κ2) is 2.62. The van der Waals surface area contributed by atoms with Gasteiger partial charge in [0.2, 0.25) is 0 Å². The van der Waals surface area contributed by atoms with Gasteiger partial charge in [0.25, 0.3) is 0 Å². The second-order valence-electron chi connectivity index (χ2n) is 2.21. The highest BCUT2D eigenvalue weighted by atomic mass is 14.4. The summed E-state index contributed by atoms with van der Waals surface area (Å²) in [4.78, 5) is 0. The molecule has 0 aromatic rings. The standard InChI is InChI=1S/C8H11N/c1-2-7-5-3-4-6-8(7)9/h3-7,9H,2H2,1H3. The Kier molecular flexibility index (Phi) is 1.83. The van der Waals surface area contributed by atoms with Crippen molar-refractivity contribution in [2.75, 3.05) is 0 Å². The Morgan fingerprint density at radius 3 is 2.78 bits per heavy atom. The van der Waals surface area contributed by atoms with Gasteiger partial charge in [0.1, 0.15) is 0 Å². The quantitative estimate of drug-likeness (QED) is 0.549. The summed E-state index contributed by atoms with van der Waals surface area (Å²) in [6.07, 6.45) is 8.89. The lowest BCUT2D eigenvalue weighted by molar-refractivity contribution is 0.811. The number of hydrogen-bond acceptors (Lipinski definition) is 1. The molecule has 0 radical (unpaired) electrons. The van der Waals surface area contributed by atoms with Gasteiger partial charge in [-0.25, -0.2) is 0 Å². The molecule has 9 heavy (non-hydrogen) atoms. The third-order valence-electron chi connectivity index (χ3n) is 1.57. The maximum atomic E-state index is 7.41. The molecule has 0 aliphatic heterocycles. The average Bonchev–Trinajstić information content (AvgIpc) is 1.89. The van der Waals surface area contributed by atoms with Crippen LogP contribution in [0.15, 0.2) is 24.3 Å². The Morgan fingerprint density at radius 1 is 1.56 bits per heavy atom. The van der Waals surface area contributed by atoms with Crippen molar-refractivity contribution in [1.82, 2.24) is 0 Å². The van der Waals surface area contributed by atoms with E-state index in [0.717, 1.165) is 12.1 Å². The molecule has 0 aromatic heterocycles. The van der Waals surface area contributed by atoms with Gasteiger partial charge in [-0.15, -0.1) is 0 Å². The minimum absolute atomic E-state index is 0.370. The van der Waals surface area contributed by atoms with E-state index in [-0.39, 0.29) is 0 Å². The molecule has 0 fully saturated rings. The zero-order valence-corrected chi connectivity index (χ0v) is 5.59. The molecule has 1 aliphatic carbocycles. The monoisotopic (exact) mass is 121 g/mol. The van der Waals surface area contributed by atoms with E-state index < -0.39 is 0 Å². The summed E-state index contributed by atoms with van der Waals surface area (Å²) in [6.45, 7) is 2.10. The van der Waals surface area contributed by atoms with Crippen LogP contribution >= 0.6 is 0 Å². The lowest BCUT2D eigenvalue weighted by Crippen LogP contribution is -2.08. The Bertz CT molecular complexity index is 165. The van der Waals surface area contributed by atoms with Crippen molar-refractivity contribution < 1.29 is 0 Å². The predicted octanol–water partition coefficient (Wildman–Crippen LogP) is 2.16. The van der Waals surface area contributed by atoms with Crippen LogP contribution < -0.4 is 0 Å². The van der Waals surface area contributed by atoms with Crippen molar-refractivity contribution in [2.45, 2.75) is 13.3 Å². The number of allylic oxidation sites excluding steroid dienone is 4. The van der Waals surface area contributed by atoms with E-state index in [9.17, 15) is 0 Å². The first-order valence-corrected chi connectivity index (χ1v) is 3.28. The fourth-order valence-corrected chi connectivity index (χ4v) is 0.941. The van der Waals surface area contributed by atoms with Gasteiger partial charge in [-0.05, 0) is 12.5 Å². The Labute approximate surface area is 55.6 Å². The molecule has 1 rings (SSSR count). The lowest BCUT2D eigenvalue weighted by atomic mass is 9.96. The topological polar surface area (TPSA) is 23.9 Å². The van der Waals surface area contributed by atoms with Gasteiger partial charge >= 0.3 is 0 Å². The first-order chi connectivity index (χ1) is 4.34. The maximum absolute atomic E-state index is 7.41. The van der Waals surface area contributed by atoms with E-state index in [0.29, 0.717) is 5.92 Å². The molecule has 0 amide bonds. The van der Waals surface area contributed by atoms with Crippen LogP contribution in [0.2, 0.25) is 0 Å². The van der Waals surface area contributed by atoms with Crippen molar-refractivity contribution in [3.63, 3.8) is 0 Å². The van der Waals surface area contributed by atoms with Crippen LogP contribution in [0.5, 0.6) is 0 Å². The molecule has 1 aliphatic rings. The molecule has 0 saturated carbocycles. The molecule has 1 atom stereocenters. The Balaban J connectivity index is 2.66. The van der Waals surface area contributed by atoms with Crippen LogP contribution in [0.25, 0.3) is 0 Å². The third kappa shape index (κ3) is 1.28. The molecule has 0 saturated heterocycles. The smallest absolute Gasteiger partial charge is 0.0382 e. The van der Waals surface area contributed by atoms with E-state index in [1.807, 2.05) is 18.2 Å². The zero-order valence-electron chi connectivity index (χ0n) is 5.59. The lowest BCUT2D eigenvalue weighted by Gasteiger charge is -2.09. The van der Waals surface area contributed by atoms with E-state index in [1.54, 1.807) is 0 Å². The number of rotatable bonds is 1. The van der Waals surface area contributed by atoms with Gasteiger partial charge in [-0.2, -0.15) is 0 Å². The molecule has 1 N–H and O–H groups in total. The maximum Gasteiger partial charge on any atom is 0.0382 e. The van der Waals surface area contributed by atoms with Crippen LogP contribution in [0.1, 0.15) is 13.3 Å². The summed E-state index contributed by atoms with van der Waals surface area (Å²) < 4.78 is 0. The van der Waals surface area contributed by atoms with Crippen molar-refractivity contribution in [2.24, 2.45) is 5.92 Å². The van der Waals surface area contributed by atoms with Crippen LogP contribution in [-0.4, -0.2) is 5.71 Å². The minimum Gasteiger partial charge on any atom is -0.305 e. The Morgan fingerprint density at radius 2 is 2.33 bits per heavy atom. The largest absolute Gasteiger partial charge is 0.305 e. The van der Waals surface area contributed by atoms with Crippen molar-refractivity contribution in [3.05, 3.63) is 24.3 Å². The summed E-state index contributed by atoms with van der Waals surface area (Å²) >= 11 is 0. The molecule has 0 bridgehead atoms. The van der Waals surface area contributed by atoms with E-state index in [4.69, 9.17) is 5.41 Å². The molecule has 1 nitrogen and oxygen atoms in total. The van der Waals surface area contributed by atoms with Gasteiger partial charge in [-0.3, -0.25) is 0 Å². The highest BCUT2D eigenvalue weighted by molar-refractivity contribution is 5.96. The molecule has 48 valence electrons. The normalized spacial score (nSPS) is 25.0. The molecule has 0 aromatic carbocycles. The number of hydrogen-bond donors (Lipinski definition) is 1. The molecular weight excluding hydrogens is 110 g/mol. The number of nitrogens with one attached hydrogen (secondary N) is 1. The van der Waals surface area contributed by atoms with E-state index in [2.05, 4.69) is 13.0 Å². The summed E-state index contributed by atoms with van der Waals surface area (Å²) in [6, 6.07) is 0. The van der Waals surface area contributed by atoms with Gasteiger partial charge in [0, 0.05) is 11.6 Å². The van der Waals surface area contributed by atoms with Crippen molar-refractivity contribution in [3.8, 4) is 0 Å². The van der Waals surface area contributed by atoms with Gasteiger partial charge in [0.05, 0.1) is 0 Å². The van der Waals surface area contributed by atoms with E-state index >= 15 is 0 Å². The summed E-state index contributed by atoms with van der Waals surface area (Å²) in [5, 5.41) is 7.41. The summed E-state index contributed by atoms with van der Waals surface area (Å²) in [7, 11) is 0. The van der Waals surface area contributed by atoms with Crippen LogP contribution in [0.3, 0.4) is 0 Å². The molecule has 1 heteroatoms. The fraction of sp³-hybridized carbons (Fsp3) is 0.375. The fourth-order valence-electron chi connectivity index (χ4n) is 0.941. The van der Waals surface area contributed by atoms with Gasteiger partial charge < -0.3 is 5.41 Å². The summed E-state index contributed by atoms with van der Waals surface area (Å²) in [5.41, 5.74) is 0.736. The third-order valence-corrected chi connectivity index (χ3v) is 1.57. The highest BCUT2D eigenvalue weighted by Crippen LogP contribution is 2.10. The van der Waals surface area contributed by atoms with Gasteiger partial charge in [-0.1, -0.05) is 25.2 Å². The first-order valence-electron chi connectivity index (χ1n) is 3.28. The molecule has 0 heterocycles.